The van der Waals surface area contributed by atoms with Gasteiger partial charge in [-0.25, -0.2) is 4.79 Å². The van der Waals surface area contributed by atoms with Gasteiger partial charge in [-0.05, 0) is 18.1 Å². The van der Waals surface area contributed by atoms with Gasteiger partial charge in [0.15, 0.2) is 5.78 Å². The fraction of sp³-hybridized carbons (Fsp3) is 0.250. The van der Waals surface area contributed by atoms with E-state index in [9.17, 15) is 14.7 Å². The van der Waals surface area contributed by atoms with Crippen molar-refractivity contribution >= 4 is 16.8 Å². The topological polar surface area (TPSA) is 86.0 Å². The van der Waals surface area contributed by atoms with Gasteiger partial charge in [0, 0.05) is 12.5 Å². The van der Waals surface area contributed by atoms with E-state index in [1.807, 2.05) is 6.08 Å². The van der Waals surface area contributed by atoms with Crippen LogP contribution >= 0.6 is 0 Å². The van der Waals surface area contributed by atoms with E-state index >= 15 is 0 Å². The first-order valence-electron chi connectivity index (χ1n) is 7.02. The van der Waals surface area contributed by atoms with E-state index < -0.39 is 11.9 Å². The Morgan fingerprint density at radius 2 is 2.09 bits per heavy atom. The molecule has 0 fully saturated rings. The first-order valence-corrected chi connectivity index (χ1v) is 7.02. The minimum Gasteiger partial charge on any atom is -0.507 e. The molecular formula is C16H10O6. The lowest BCUT2D eigenvalue weighted by molar-refractivity contribution is -0.00484. The van der Waals surface area contributed by atoms with E-state index in [0.29, 0.717) is 28.7 Å². The molecule has 3 aliphatic rings. The number of rotatable bonds is 0. The molecule has 110 valence electrons. The number of aryl methyl sites for hydroxylation is 1. The van der Waals surface area contributed by atoms with Crippen LogP contribution in [0.5, 0.6) is 11.5 Å². The van der Waals surface area contributed by atoms with Gasteiger partial charge in [0.25, 0.3) is 6.29 Å². The normalized spacial score (nSPS) is 24.1. The number of ether oxygens (including phenoxy) is 2. The molecule has 3 heterocycles. The predicted molar refractivity (Wildman–Crippen MR) is 74.2 cm³/mol. The maximum absolute atomic E-state index is 12.2. The molecule has 2 aliphatic heterocycles. The summed E-state index contributed by atoms with van der Waals surface area (Å²) in [6.45, 7) is 0. The van der Waals surface area contributed by atoms with Crippen LogP contribution in [-0.2, 0) is 11.2 Å². The van der Waals surface area contributed by atoms with Gasteiger partial charge in [0.05, 0.1) is 23.1 Å². The number of Topliss-reactive ketones (excluding diaryl/α,β-unsaturated/α-hetero) is 1. The standard InChI is InChI=1S/C16H10O6/c17-8-2-1-6-11-9(18)5-10-13(7-3-4-20-16(7)21-10)14(11)22-15(19)12(6)8/h3-5,7,16,18H,1-2H2/t7-,16-/m0/s1. The second-order valence-electron chi connectivity index (χ2n) is 5.65. The minimum absolute atomic E-state index is 0.0487. The fourth-order valence-corrected chi connectivity index (χ4v) is 3.58. The molecule has 5 rings (SSSR count). The van der Waals surface area contributed by atoms with Gasteiger partial charge in [-0.15, -0.1) is 0 Å². The first kappa shape index (κ1) is 11.9. The van der Waals surface area contributed by atoms with Crippen molar-refractivity contribution in [1.29, 1.82) is 0 Å². The smallest absolute Gasteiger partial charge is 0.347 e. The highest BCUT2D eigenvalue weighted by Gasteiger charge is 2.41. The maximum Gasteiger partial charge on any atom is 0.347 e. The monoisotopic (exact) mass is 298 g/mol. The van der Waals surface area contributed by atoms with Crippen molar-refractivity contribution in [2.45, 2.75) is 25.0 Å². The molecule has 1 aromatic heterocycles. The van der Waals surface area contributed by atoms with Crippen LogP contribution in [-0.4, -0.2) is 17.2 Å². The number of hydrogen-bond donors (Lipinski definition) is 1. The molecule has 22 heavy (non-hydrogen) atoms. The quantitative estimate of drug-likeness (QED) is 0.748. The zero-order chi connectivity index (χ0) is 15.0. The van der Waals surface area contributed by atoms with Crippen LogP contribution < -0.4 is 10.4 Å². The predicted octanol–water partition coefficient (Wildman–Crippen LogP) is 1.97. The Morgan fingerprint density at radius 1 is 1.23 bits per heavy atom. The number of aromatic hydroxyl groups is 1. The van der Waals surface area contributed by atoms with Crippen LogP contribution in [0.1, 0.15) is 33.8 Å². The summed E-state index contributed by atoms with van der Waals surface area (Å²) < 4.78 is 16.4. The summed E-state index contributed by atoms with van der Waals surface area (Å²) in [6.07, 6.45) is 3.57. The van der Waals surface area contributed by atoms with Crippen LogP contribution in [0, 0.1) is 0 Å². The molecule has 6 heteroatoms. The van der Waals surface area contributed by atoms with E-state index in [2.05, 4.69) is 0 Å². The lowest BCUT2D eigenvalue weighted by atomic mass is 9.95. The van der Waals surface area contributed by atoms with Gasteiger partial charge < -0.3 is 19.0 Å². The second-order valence-corrected chi connectivity index (χ2v) is 5.65. The number of benzene rings is 1. The Bertz CT molecular complexity index is 951. The van der Waals surface area contributed by atoms with E-state index in [0.717, 1.165) is 0 Å². The van der Waals surface area contributed by atoms with E-state index in [1.165, 1.54) is 6.07 Å². The largest absolute Gasteiger partial charge is 0.507 e. The van der Waals surface area contributed by atoms with Crippen molar-refractivity contribution in [1.82, 2.24) is 0 Å². The Morgan fingerprint density at radius 3 is 2.95 bits per heavy atom. The third-order valence-electron chi connectivity index (χ3n) is 4.51. The summed E-state index contributed by atoms with van der Waals surface area (Å²) in [5, 5.41) is 10.8. The van der Waals surface area contributed by atoms with Gasteiger partial charge in [-0.2, -0.15) is 0 Å². The third-order valence-corrected chi connectivity index (χ3v) is 4.51. The van der Waals surface area contributed by atoms with Crippen LogP contribution in [0.3, 0.4) is 0 Å². The molecule has 1 aromatic carbocycles. The number of ketones is 1. The summed E-state index contributed by atoms with van der Waals surface area (Å²) in [4.78, 5) is 24.0. The molecule has 0 saturated heterocycles. The number of phenolic OH excluding ortho intramolecular Hbond substituents is 1. The van der Waals surface area contributed by atoms with Crippen LogP contribution in [0.4, 0.5) is 0 Å². The SMILES string of the molecule is O=C1CCc2c1c(=O)oc1c3c(cc(O)c21)O[C@@H]1OC=C[C@@H]31. The van der Waals surface area contributed by atoms with Gasteiger partial charge in [0.2, 0.25) is 0 Å². The van der Waals surface area contributed by atoms with Crippen molar-refractivity contribution in [3.8, 4) is 11.5 Å². The molecule has 6 nitrogen and oxygen atoms in total. The summed E-state index contributed by atoms with van der Waals surface area (Å²) >= 11 is 0. The Labute approximate surface area is 123 Å². The molecule has 0 bridgehead atoms. The van der Waals surface area contributed by atoms with Gasteiger partial charge in [-0.1, -0.05) is 0 Å². The molecule has 0 radical (unpaired) electrons. The molecule has 1 aliphatic carbocycles. The molecule has 0 spiro atoms. The highest BCUT2D eigenvalue weighted by atomic mass is 16.7. The zero-order valence-corrected chi connectivity index (χ0v) is 11.3. The number of carbonyl (C=O) groups is 1. The van der Waals surface area contributed by atoms with Gasteiger partial charge in [-0.3, -0.25) is 4.79 Å². The van der Waals surface area contributed by atoms with Gasteiger partial charge in [0.1, 0.15) is 22.6 Å². The fourth-order valence-electron chi connectivity index (χ4n) is 3.58. The first-order chi connectivity index (χ1) is 10.6. The molecule has 2 aromatic rings. The van der Waals surface area contributed by atoms with Crippen LogP contribution in [0.15, 0.2) is 27.6 Å². The van der Waals surface area contributed by atoms with E-state index in [-0.39, 0.29) is 35.0 Å². The number of phenols is 1. The second kappa shape index (κ2) is 3.71. The number of fused-ring (bicyclic) bond motifs is 7. The Kier molecular flexibility index (Phi) is 2.00. The molecule has 1 N–H and O–H groups in total. The lowest BCUT2D eigenvalue weighted by Crippen LogP contribution is -2.14. The highest BCUT2D eigenvalue weighted by molar-refractivity contribution is 6.06. The Balaban J connectivity index is 1.94. The van der Waals surface area contributed by atoms with Crippen molar-refractivity contribution in [2.24, 2.45) is 0 Å². The number of hydrogen-bond acceptors (Lipinski definition) is 6. The van der Waals surface area contributed by atoms with Gasteiger partial charge >= 0.3 is 5.63 Å². The van der Waals surface area contributed by atoms with Crippen molar-refractivity contribution in [3.05, 3.63) is 45.5 Å². The third kappa shape index (κ3) is 1.25. The van der Waals surface area contributed by atoms with E-state index in [1.54, 1.807) is 6.26 Å². The van der Waals surface area contributed by atoms with Crippen molar-refractivity contribution in [2.75, 3.05) is 0 Å². The summed E-state index contributed by atoms with van der Waals surface area (Å²) in [5.74, 6) is -0.0237. The summed E-state index contributed by atoms with van der Waals surface area (Å²) in [6, 6.07) is 1.50. The molecular weight excluding hydrogens is 288 g/mol. The maximum atomic E-state index is 12.2. The van der Waals surface area contributed by atoms with Crippen molar-refractivity contribution in [3.63, 3.8) is 0 Å². The zero-order valence-electron chi connectivity index (χ0n) is 11.3. The van der Waals surface area contributed by atoms with E-state index in [4.69, 9.17) is 13.9 Å². The van der Waals surface area contributed by atoms with Crippen molar-refractivity contribution < 1.29 is 23.8 Å². The summed E-state index contributed by atoms with van der Waals surface area (Å²) in [5.41, 5.74) is 0.963. The summed E-state index contributed by atoms with van der Waals surface area (Å²) in [7, 11) is 0. The molecule has 0 saturated carbocycles. The Hall–Kier alpha value is -2.76. The average Bonchev–Trinajstić information content (AvgIpc) is 3.13. The molecule has 0 amide bonds. The number of carbonyl (C=O) groups excluding carboxylic acids is 1. The van der Waals surface area contributed by atoms with Crippen LogP contribution in [0.2, 0.25) is 0 Å². The molecule has 2 atom stereocenters. The highest BCUT2D eigenvalue weighted by Crippen LogP contribution is 2.49. The minimum atomic E-state index is -0.649. The van der Waals surface area contributed by atoms with Crippen LogP contribution in [0.25, 0.3) is 11.0 Å². The molecule has 0 unspecified atom stereocenters. The lowest BCUT2D eigenvalue weighted by Gasteiger charge is -2.10. The average molecular weight is 298 g/mol.